The van der Waals surface area contributed by atoms with Crippen molar-refractivity contribution < 1.29 is 14.8 Å². The van der Waals surface area contributed by atoms with Crippen LogP contribution in [-0.4, -0.2) is 26.0 Å². The molecular weight excluding hydrogens is 276 g/mol. The predicted molar refractivity (Wildman–Crippen MR) is 74.2 cm³/mol. The first kappa shape index (κ1) is 14.4. The minimum absolute atomic E-state index is 0.105. The molecule has 21 heavy (non-hydrogen) atoms. The van der Waals surface area contributed by atoms with Gasteiger partial charge in [-0.3, -0.25) is 15.1 Å². The topological polar surface area (TPSA) is 118 Å². The Bertz CT molecular complexity index is 702. The third-order valence-electron chi connectivity index (χ3n) is 2.70. The van der Waals surface area contributed by atoms with Gasteiger partial charge >= 0.3 is 11.7 Å². The highest BCUT2D eigenvalue weighted by atomic mass is 16.6. The van der Waals surface area contributed by atoms with E-state index in [1.165, 1.54) is 30.6 Å². The van der Waals surface area contributed by atoms with Crippen LogP contribution in [0.15, 0.2) is 30.6 Å². The minimum atomic E-state index is -1.06. The lowest BCUT2D eigenvalue weighted by Crippen LogP contribution is -2.07. The van der Waals surface area contributed by atoms with Crippen LogP contribution in [0.25, 0.3) is 0 Å². The van der Waals surface area contributed by atoms with Crippen LogP contribution in [0.2, 0.25) is 0 Å². The average Bonchev–Trinajstić information content (AvgIpc) is 2.46. The zero-order valence-corrected chi connectivity index (χ0v) is 11.1. The normalized spacial score (nSPS) is 10.1. The molecule has 0 radical (unpaired) electrons. The largest absolute Gasteiger partial charge is 0.478 e. The first-order valence-corrected chi connectivity index (χ1v) is 6.00. The summed E-state index contributed by atoms with van der Waals surface area (Å²) in [4.78, 5) is 29.3. The van der Waals surface area contributed by atoms with Crippen LogP contribution in [0.1, 0.15) is 21.6 Å². The van der Waals surface area contributed by atoms with Crippen molar-refractivity contribution in [2.75, 3.05) is 5.32 Å². The van der Waals surface area contributed by atoms with Gasteiger partial charge in [0.15, 0.2) is 0 Å². The Morgan fingerprint density at radius 1 is 1.43 bits per heavy atom. The molecule has 8 heteroatoms. The van der Waals surface area contributed by atoms with E-state index in [9.17, 15) is 14.9 Å². The van der Waals surface area contributed by atoms with Crippen LogP contribution in [-0.2, 0) is 6.54 Å². The number of anilines is 1. The summed E-state index contributed by atoms with van der Waals surface area (Å²) in [5, 5.41) is 22.6. The smallest absolute Gasteiger partial charge is 0.335 e. The number of aryl methyl sites for hydroxylation is 1. The maximum Gasteiger partial charge on any atom is 0.335 e. The number of aromatic nitrogens is 2. The maximum absolute atomic E-state index is 11.0. The number of carboxylic acids is 1. The summed E-state index contributed by atoms with van der Waals surface area (Å²) in [7, 11) is 0. The number of rotatable bonds is 5. The van der Waals surface area contributed by atoms with E-state index in [0.717, 1.165) is 0 Å². The molecule has 2 aromatic rings. The second-order valence-electron chi connectivity index (χ2n) is 4.33. The van der Waals surface area contributed by atoms with Crippen LogP contribution in [0.3, 0.4) is 0 Å². The van der Waals surface area contributed by atoms with Crippen molar-refractivity contribution >= 4 is 17.5 Å². The van der Waals surface area contributed by atoms with Gasteiger partial charge in [-0.1, -0.05) is 0 Å². The van der Waals surface area contributed by atoms with E-state index in [-0.39, 0.29) is 23.6 Å². The van der Waals surface area contributed by atoms with Gasteiger partial charge in [0, 0.05) is 18.5 Å². The van der Waals surface area contributed by atoms with Crippen LogP contribution >= 0.6 is 0 Å². The molecular formula is C13H12N4O4. The summed E-state index contributed by atoms with van der Waals surface area (Å²) in [6, 6.07) is 4.18. The van der Waals surface area contributed by atoms with Crippen molar-refractivity contribution in [3.8, 4) is 0 Å². The number of pyridine rings is 2. The second-order valence-corrected chi connectivity index (χ2v) is 4.33. The lowest BCUT2D eigenvalue weighted by Gasteiger charge is -2.06. The average molecular weight is 288 g/mol. The molecule has 0 amide bonds. The monoisotopic (exact) mass is 288 g/mol. The number of nitro groups is 1. The van der Waals surface area contributed by atoms with E-state index in [2.05, 4.69) is 15.3 Å². The third-order valence-corrected chi connectivity index (χ3v) is 2.70. The van der Waals surface area contributed by atoms with E-state index in [1.54, 1.807) is 6.92 Å². The Morgan fingerprint density at radius 2 is 2.19 bits per heavy atom. The fourth-order valence-corrected chi connectivity index (χ4v) is 1.71. The van der Waals surface area contributed by atoms with Gasteiger partial charge in [0.25, 0.3) is 0 Å². The SMILES string of the molecule is Cc1cnc(NCc2cc(C(=O)O)ccn2)c([N+](=O)[O-])c1. The number of carboxylic acid groups (broad SMARTS) is 1. The molecule has 0 fully saturated rings. The number of nitrogens with one attached hydrogen (secondary N) is 1. The Morgan fingerprint density at radius 3 is 2.86 bits per heavy atom. The lowest BCUT2D eigenvalue weighted by atomic mass is 10.2. The number of carbonyl (C=O) groups is 1. The molecule has 2 heterocycles. The van der Waals surface area contributed by atoms with Crippen LogP contribution in [0.5, 0.6) is 0 Å². The van der Waals surface area contributed by atoms with E-state index < -0.39 is 10.9 Å². The van der Waals surface area contributed by atoms with Gasteiger partial charge in [0.2, 0.25) is 5.82 Å². The summed E-state index contributed by atoms with van der Waals surface area (Å²) in [5.74, 6) is -0.939. The van der Waals surface area contributed by atoms with Crippen molar-refractivity contribution in [2.24, 2.45) is 0 Å². The van der Waals surface area contributed by atoms with Crippen molar-refractivity contribution in [3.05, 3.63) is 57.5 Å². The second kappa shape index (κ2) is 5.95. The zero-order chi connectivity index (χ0) is 15.4. The Labute approximate surface area is 119 Å². The van der Waals surface area contributed by atoms with Gasteiger partial charge in [0.1, 0.15) is 0 Å². The van der Waals surface area contributed by atoms with Gasteiger partial charge in [-0.15, -0.1) is 0 Å². The molecule has 0 aliphatic rings. The summed E-state index contributed by atoms with van der Waals surface area (Å²) < 4.78 is 0. The number of hydrogen-bond acceptors (Lipinski definition) is 6. The summed E-state index contributed by atoms with van der Waals surface area (Å²) in [5.41, 5.74) is 1.10. The number of hydrogen-bond donors (Lipinski definition) is 2. The van der Waals surface area contributed by atoms with E-state index in [0.29, 0.717) is 11.3 Å². The van der Waals surface area contributed by atoms with Crippen molar-refractivity contribution in [3.63, 3.8) is 0 Å². The summed E-state index contributed by atoms with van der Waals surface area (Å²) in [6.07, 6.45) is 2.88. The summed E-state index contributed by atoms with van der Waals surface area (Å²) >= 11 is 0. The van der Waals surface area contributed by atoms with Gasteiger partial charge in [-0.05, 0) is 24.6 Å². The molecule has 2 N–H and O–H groups in total. The highest BCUT2D eigenvalue weighted by molar-refractivity contribution is 5.87. The molecule has 0 spiro atoms. The van der Waals surface area contributed by atoms with Crippen LogP contribution in [0.4, 0.5) is 11.5 Å². The minimum Gasteiger partial charge on any atom is -0.478 e. The van der Waals surface area contributed by atoms with E-state index >= 15 is 0 Å². The highest BCUT2D eigenvalue weighted by Gasteiger charge is 2.15. The molecule has 0 bridgehead atoms. The van der Waals surface area contributed by atoms with Crippen molar-refractivity contribution in [1.82, 2.24) is 9.97 Å². The molecule has 2 aromatic heterocycles. The molecule has 108 valence electrons. The quantitative estimate of drug-likeness (QED) is 0.638. The Balaban J connectivity index is 2.18. The van der Waals surface area contributed by atoms with E-state index in [4.69, 9.17) is 5.11 Å². The van der Waals surface area contributed by atoms with Crippen LogP contribution in [0, 0.1) is 17.0 Å². The molecule has 0 saturated carbocycles. The lowest BCUT2D eigenvalue weighted by molar-refractivity contribution is -0.384. The number of aromatic carboxylic acids is 1. The van der Waals surface area contributed by atoms with Gasteiger partial charge in [0.05, 0.1) is 22.7 Å². The highest BCUT2D eigenvalue weighted by Crippen LogP contribution is 2.22. The van der Waals surface area contributed by atoms with Gasteiger partial charge < -0.3 is 10.4 Å². The molecule has 0 aliphatic carbocycles. The number of nitrogens with zero attached hydrogens (tertiary/aromatic N) is 3. The fraction of sp³-hybridized carbons (Fsp3) is 0.154. The standard InChI is InChI=1S/C13H12N4O4/c1-8-4-11(17(20)21)12(15-6-8)16-7-10-5-9(13(18)19)2-3-14-10/h2-6H,7H2,1H3,(H,15,16)(H,18,19). The summed E-state index contributed by atoms with van der Waals surface area (Å²) in [6.45, 7) is 1.85. The van der Waals surface area contributed by atoms with Crippen LogP contribution < -0.4 is 5.32 Å². The maximum atomic E-state index is 11.0. The first-order valence-electron chi connectivity index (χ1n) is 6.00. The first-order chi connectivity index (χ1) is 9.97. The predicted octanol–water partition coefficient (Wildman–Crippen LogP) is 2.00. The molecule has 0 aromatic carbocycles. The molecule has 0 aliphatic heterocycles. The van der Waals surface area contributed by atoms with E-state index in [1.807, 2.05) is 0 Å². The molecule has 8 nitrogen and oxygen atoms in total. The molecule has 0 saturated heterocycles. The van der Waals surface area contributed by atoms with Gasteiger partial charge in [-0.2, -0.15) is 0 Å². The third kappa shape index (κ3) is 3.50. The Kier molecular flexibility index (Phi) is 4.07. The van der Waals surface area contributed by atoms with Crippen molar-refractivity contribution in [2.45, 2.75) is 13.5 Å². The zero-order valence-electron chi connectivity index (χ0n) is 11.1. The van der Waals surface area contributed by atoms with Gasteiger partial charge in [-0.25, -0.2) is 9.78 Å². The fourth-order valence-electron chi connectivity index (χ4n) is 1.71. The van der Waals surface area contributed by atoms with Crippen molar-refractivity contribution in [1.29, 1.82) is 0 Å². The Hall–Kier alpha value is -3.03. The molecule has 2 rings (SSSR count). The molecule has 0 atom stereocenters. The molecule has 0 unspecified atom stereocenters.